The number of aliphatic hydroxyl groups excluding tert-OH is 6. The van der Waals surface area contributed by atoms with E-state index >= 15 is 0 Å². The lowest BCUT2D eigenvalue weighted by Gasteiger charge is -2.45. The minimum absolute atomic E-state index is 0.0146. The molecule has 0 aliphatic carbocycles. The van der Waals surface area contributed by atoms with Gasteiger partial charge in [-0.3, -0.25) is 4.79 Å². The van der Waals surface area contributed by atoms with Gasteiger partial charge in [-0.2, -0.15) is 0 Å². The fourth-order valence-electron chi connectivity index (χ4n) is 5.16. The van der Waals surface area contributed by atoms with Crippen LogP contribution in [0.1, 0.15) is 40.1 Å². The number of fused-ring (bicyclic) bond motifs is 1. The summed E-state index contributed by atoms with van der Waals surface area (Å²) in [5.41, 5.74) is -0.164. The van der Waals surface area contributed by atoms with Crippen LogP contribution in [0.3, 0.4) is 0 Å². The third-order valence-electron chi connectivity index (χ3n) is 7.36. The second-order valence-corrected chi connectivity index (χ2v) is 9.97. The summed E-state index contributed by atoms with van der Waals surface area (Å²) in [5.74, 6) is -2.10. The Labute approximate surface area is 226 Å². The van der Waals surface area contributed by atoms with Crippen molar-refractivity contribution in [2.24, 2.45) is 0 Å². The zero-order chi connectivity index (χ0) is 28.9. The van der Waals surface area contributed by atoms with Crippen LogP contribution in [0.15, 0.2) is 30.3 Å². The van der Waals surface area contributed by atoms with Crippen LogP contribution in [0.5, 0.6) is 23.0 Å². The smallest absolute Gasteiger partial charge is 0.186 e. The Morgan fingerprint density at radius 3 is 2.30 bits per heavy atom. The Balaban J connectivity index is 1.51. The lowest BCUT2D eigenvalue weighted by atomic mass is 9.87. The van der Waals surface area contributed by atoms with Crippen molar-refractivity contribution in [3.05, 3.63) is 47.0 Å². The zero-order valence-electron chi connectivity index (χ0n) is 20.8. The molecule has 2 aromatic rings. The molecule has 10 atom stereocenters. The summed E-state index contributed by atoms with van der Waals surface area (Å²) in [4.78, 5) is 13.2. The van der Waals surface area contributed by atoms with Gasteiger partial charge in [0.2, 0.25) is 0 Å². The average molecular weight is 567 g/mol. The van der Waals surface area contributed by atoms with Crippen molar-refractivity contribution in [2.45, 2.75) is 67.6 Å². The first-order chi connectivity index (χ1) is 19.0. The van der Waals surface area contributed by atoms with Crippen molar-refractivity contribution in [3.63, 3.8) is 0 Å². The Kier molecular flexibility index (Phi) is 7.89. The molecule has 14 nitrogen and oxygen atoms in total. The predicted octanol–water partition coefficient (Wildman–Crippen LogP) is -1.51. The molecule has 218 valence electrons. The molecule has 14 heteroatoms. The Morgan fingerprint density at radius 2 is 1.62 bits per heavy atom. The number of phenolic OH excluding ortho intramolecular Hbond substituents is 3. The number of aromatic hydroxyl groups is 3. The predicted molar refractivity (Wildman–Crippen MR) is 130 cm³/mol. The highest BCUT2D eigenvalue weighted by molar-refractivity contribution is 6.03. The summed E-state index contributed by atoms with van der Waals surface area (Å²) in [7, 11) is 0. The number of ether oxygens (including phenoxy) is 4. The molecule has 0 bridgehead atoms. The maximum atomic E-state index is 13.2. The van der Waals surface area contributed by atoms with Crippen LogP contribution in [0, 0.1) is 0 Å². The van der Waals surface area contributed by atoms with Gasteiger partial charge in [-0.05, 0) is 17.7 Å². The fourth-order valence-corrected chi connectivity index (χ4v) is 5.16. The Morgan fingerprint density at radius 1 is 0.925 bits per heavy atom. The Hall–Kier alpha value is -3.05. The lowest BCUT2D eigenvalue weighted by Crippen LogP contribution is -2.60. The topological polar surface area (TPSA) is 236 Å². The van der Waals surface area contributed by atoms with E-state index in [0.29, 0.717) is 5.56 Å². The molecule has 10 unspecified atom stereocenters. The summed E-state index contributed by atoms with van der Waals surface area (Å²) in [6, 6.07) is 7.02. The number of Topliss-reactive ketones (excluding diaryl/α,β-unsaturated/α-hetero) is 1. The van der Waals surface area contributed by atoms with E-state index in [0.717, 1.165) is 6.07 Å². The van der Waals surface area contributed by atoms with Gasteiger partial charge in [0.05, 0.1) is 25.2 Å². The number of hydrogen-bond donors (Lipinski definition) is 9. The van der Waals surface area contributed by atoms with Crippen LogP contribution in [-0.2, 0) is 14.2 Å². The van der Waals surface area contributed by atoms with Gasteiger partial charge >= 0.3 is 0 Å². The number of carbonyl (C=O) groups excluding carboxylic acids is 1. The molecule has 0 spiro atoms. The van der Waals surface area contributed by atoms with Crippen molar-refractivity contribution in [3.8, 4) is 23.0 Å². The van der Waals surface area contributed by atoms with Gasteiger partial charge in [0.25, 0.3) is 0 Å². The normalized spacial score (nSPS) is 36.1. The van der Waals surface area contributed by atoms with Crippen molar-refractivity contribution < 1.29 is 69.7 Å². The van der Waals surface area contributed by atoms with Crippen molar-refractivity contribution in [1.82, 2.24) is 0 Å². The zero-order valence-corrected chi connectivity index (χ0v) is 20.8. The molecule has 0 amide bonds. The summed E-state index contributed by atoms with van der Waals surface area (Å²) < 4.78 is 22.5. The number of carbonyl (C=O) groups is 1. The SMILES string of the molecule is O=C1CC(c2ccc(O)cc2)Oc2cc(O)c(C3OC(CO)C(O)C(O)C3OC3OCC(O)C(O)C3O)c(O)c21. The van der Waals surface area contributed by atoms with Crippen LogP contribution in [0.2, 0.25) is 0 Å². The first kappa shape index (κ1) is 28.5. The maximum Gasteiger partial charge on any atom is 0.186 e. The molecular formula is C26H30O14. The summed E-state index contributed by atoms with van der Waals surface area (Å²) in [6.07, 6.45) is -15.8. The largest absolute Gasteiger partial charge is 0.508 e. The maximum absolute atomic E-state index is 13.2. The molecule has 0 radical (unpaired) electrons. The second-order valence-electron chi connectivity index (χ2n) is 9.97. The van der Waals surface area contributed by atoms with Gasteiger partial charge < -0.3 is 64.9 Å². The number of phenols is 3. The number of aliphatic hydroxyl groups is 6. The average Bonchev–Trinajstić information content (AvgIpc) is 2.92. The van der Waals surface area contributed by atoms with E-state index in [-0.39, 0.29) is 23.5 Å². The molecule has 3 aliphatic rings. The van der Waals surface area contributed by atoms with E-state index < -0.39 is 97.3 Å². The molecule has 0 aromatic heterocycles. The fraction of sp³-hybridized carbons (Fsp3) is 0.500. The number of benzene rings is 2. The molecule has 0 saturated carbocycles. The molecule has 9 N–H and O–H groups in total. The number of hydrogen-bond acceptors (Lipinski definition) is 14. The molecule has 40 heavy (non-hydrogen) atoms. The molecular weight excluding hydrogens is 536 g/mol. The summed E-state index contributed by atoms with van der Waals surface area (Å²) in [5, 5.41) is 92.8. The second kappa shape index (κ2) is 11.1. The van der Waals surface area contributed by atoms with Crippen LogP contribution < -0.4 is 4.74 Å². The van der Waals surface area contributed by atoms with Crippen molar-refractivity contribution in [2.75, 3.05) is 13.2 Å². The highest BCUT2D eigenvalue weighted by Gasteiger charge is 2.51. The minimum Gasteiger partial charge on any atom is -0.508 e. The first-order valence-electron chi connectivity index (χ1n) is 12.5. The van der Waals surface area contributed by atoms with Crippen LogP contribution in [0.25, 0.3) is 0 Å². The van der Waals surface area contributed by atoms with Crippen molar-refractivity contribution in [1.29, 1.82) is 0 Å². The Bertz CT molecular complexity index is 1230. The van der Waals surface area contributed by atoms with E-state index in [1.54, 1.807) is 12.1 Å². The molecule has 2 fully saturated rings. The number of ketones is 1. The third kappa shape index (κ3) is 4.98. The van der Waals surface area contributed by atoms with Crippen LogP contribution >= 0.6 is 0 Å². The van der Waals surface area contributed by atoms with E-state index in [2.05, 4.69) is 0 Å². The molecule has 5 rings (SSSR count). The number of rotatable bonds is 5. The molecule has 3 aliphatic heterocycles. The van der Waals surface area contributed by atoms with Gasteiger partial charge in [0.1, 0.15) is 83.5 Å². The summed E-state index contributed by atoms with van der Waals surface area (Å²) in [6.45, 7) is -1.22. The van der Waals surface area contributed by atoms with E-state index in [1.165, 1.54) is 12.1 Å². The van der Waals surface area contributed by atoms with Crippen molar-refractivity contribution >= 4 is 5.78 Å². The van der Waals surface area contributed by atoms with Gasteiger partial charge in [-0.25, -0.2) is 0 Å². The highest BCUT2D eigenvalue weighted by atomic mass is 16.7. The monoisotopic (exact) mass is 566 g/mol. The van der Waals surface area contributed by atoms with Gasteiger partial charge in [0, 0.05) is 6.07 Å². The van der Waals surface area contributed by atoms with E-state index in [9.17, 15) is 50.8 Å². The van der Waals surface area contributed by atoms with Gasteiger partial charge in [0.15, 0.2) is 12.1 Å². The van der Waals surface area contributed by atoms with Crippen LogP contribution in [-0.4, -0.2) is 114 Å². The minimum atomic E-state index is -1.84. The molecule has 2 aromatic carbocycles. The molecule has 2 saturated heterocycles. The van der Waals surface area contributed by atoms with Gasteiger partial charge in [-0.15, -0.1) is 0 Å². The lowest BCUT2D eigenvalue weighted by molar-refractivity contribution is -0.325. The quantitative estimate of drug-likeness (QED) is 0.200. The van der Waals surface area contributed by atoms with E-state index in [4.69, 9.17) is 18.9 Å². The first-order valence-corrected chi connectivity index (χ1v) is 12.5. The molecule has 3 heterocycles. The standard InChI is InChI=1S/C26H30O14/c27-7-16-20(33)22(35)25(40-26-23(36)19(32)13(31)8-37-26)24(39-16)18-12(30)6-15-17(21(18)34)11(29)5-14(38-15)9-1-3-10(28)4-2-9/h1-4,6,13-14,16,19-20,22-28,30-36H,5,7-8H2. The van der Waals surface area contributed by atoms with E-state index in [1.807, 2.05) is 0 Å². The highest BCUT2D eigenvalue weighted by Crippen LogP contribution is 2.50. The van der Waals surface area contributed by atoms with Gasteiger partial charge in [-0.1, -0.05) is 12.1 Å². The third-order valence-corrected chi connectivity index (χ3v) is 7.36. The summed E-state index contributed by atoms with van der Waals surface area (Å²) >= 11 is 0. The van der Waals surface area contributed by atoms with Crippen LogP contribution in [0.4, 0.5) is 0 Å².